The Balaban J connectivity index is 1.68. The van der Waals surface area contributed by atoms with E-state index in [1.54, 1.807) is 14.2 Å². The molecule has 0 amide bonds. The normalized spacial score (nSPS) is 17.5. The monoisotopic (exact) mass is 470 g/mol. The van der Waals surface area contributed by atoms with Gasteiger partial charge in [0.25, 0.3) is 0 Å². The van der Waals surface area contributed by atoms with Crippen LogP contribution in [0, 0.1) is 6.92 Å². The van der Waals surface area contributed by atoms with Crippen molar-refractivity contribution in [3.63, 3.8) is 0 Å². The van der Waals surface area contributed by atoms with Gasteiger partial charge in [-0.05, 0) is 79.8 Å². The van der Waals surface area contributed by atoms with Crippen LogP contribution in [0.4, 0.5) is 5.69 Å². The van der Waals surface area contributed by atoms with Gasteiger partial charge in [0, 0.05) is 35.0 Å². The summed E-state index contributed by atoms with van der Waals surface area (Å²) in [4.78, 5) is 6.82. The number of anilines is 1. The zero-order chi connectivity index (χ0) is 23.7. The van der Waals surface area contributed by atoms with E-state index in [0.29, 0.717) is 5.11 Å². The molecule has 172 valence electrons. The first-order chi connectivity index (χ1) is 16.6. The molecular formula is C27H26N4O2S. The summed E-state index contributed by atoms with van der Waals surface area (Å²) in [5, 5.41) is 4.18. The summed E-state index contributed by atoms with van der Waals surface area (Å²) >= 11 is 5.88. The van der Waals surface area contributed by atoms with Crippen molar-refractivity contribution in [2.45, 2.75) is 19.0 Å². The van der Waals surface area contributed by atoms with Crippen LogP contribution >= 0.6 is 12.2 Å². The highest BCUT2D eigenvalue weighted by Gasteiger charge is 2.42. The lowest BCUT2D eigenvalue weighted by Crippen LogP contribution is -2.30. The molecule has 3 heterocycles. The molecule has 2 aromatic carbocycles. The molecule has 0 aliphatic carbocycles. The first-order valence-corrected chi connectivity index (χ1v) is 11.5. The maximum absolute atomic E-state index is 5.88. The summed E-state index contributed by atoms with van der Waals surface area (Å²) in [6.45, 7) is 2.11. The van der Waals surface area contributed by atoms with Crippen LogP contribution in [0.5, 0.6) is 11.5 Å². The topological polar surface area (TPSA) is 51.5 Å². The number of nitrogens with zero attached hydrogens (tertiary/aromatic N) is 3. The van der Waals surface area contributed by atoms with E-state index in [1.807, 2.05) is 54.7 Å². The Morgan fingerprint density at radius 2 is 1.65 bits per heavy atom. The first-order valence-electron chi connectivity index (χ1n) is 11.1. The van der Waals surface area contributed by atoms with Gasteiger partial charge in [0.05, 0.1) is 26.0 Å². The molecule has 2 atom stereocenters. The number of rotatable bonds is 6. The zero-order valence-corrected chi connectivity index (χ0v) is 20.1. The van der Waals surface area contributed by atoms with E-state index < -0.39 is 0 Å². The largest absolute Gasteiger partial charge is 0.497 e. The molecule has 7 heteroatoms. The molecule has 0 spiro atoms. The summed E-state index contributed by atoms with van der Waals surface area (Å²) in [6.07, 6.45) is 1.82. The summed E-state index contributed by atoms with van der Waals surface area (Å²) < 4.78 is 13.1. The molecular weight excluding hydrogens is 444 g/mol. The van der Waals surface area contributed by atoms with Gasteiger partial charge >= 0.3 is 0 Å². The van der Waals surface area contributed by atoms with Crippen LogP contribution in [-0.2, 0) is 0 Å². The van der Waals surface area contributed by atoms with Crippen molar-refractivity contribution in [2.24, 2.45) is 0 Å². The van der Waals surface area contributed by atoms with Gasteiger partial charge in [-0.3, -0.25) is 4.98 Å². The van der Waals surface area contributed by atoms with Crippen molar-refractivity contribution in [3.8, 4) is 17.2 Å². The number of methoxy groups -OCH3 is 2. The molecule has 1 N–H and O–H groups in total. The average Bonchev–Trinajstić information content (AvgIpc) is 3.43. The lowest BCUT2D eigenvalue weighted by atomic mass is 10.0. The molecule has 0 unspecified atom stereocenters. The van der Waals surface area contributed by atoms with Gasteiger partial charge in [0.1, 0.15) is 17.5 Å². The third-order valence-corrected chi connectivity index (χ3v) is 6.48. The Kier molecular flexibility index (Phi) is 5.94. The molecule has 5 rings (SSSR count). The molecule has 6 nitrogen and oxygen atoms in total. The van der Waals surface area contributed by atoms with Gasteiger partial charge < -0.3 is 24.3 Å². The van der Waals surface area contributed by atoms with Gasteiger partial charge in [-0.1, -0.05) is 12.1 Å². The van der Waals surface area contributed by atoms with Crippen LogP contribution in [0.3, 0.4) is 0 Å². The summed E-state index contributed by atoms with van der Waals surface area (Å²) in [6, 6.07) is 26.1. The highest BCUT2D eigenvalue weighted by molar-refractivity contribution is 7.80. The highest BCUT2D eigenvalue weighted by Crippen LogP contribution is 2.43. The van der Waals surface area contributed by atoms with Crippen molar-refractivity contribution in [2.75, 3.05) is 19.1 Å². The summed E-state index contributed by atoms with van der Waals surface area (Å²) in [5.74, 6) is 1.60. The van der Waals surface area contributed by atoms with Crippen LogP contribution in [-0.4, -0.2) is 28.9 Å². The lowest BCUT2D eigenvalue weighted by molar-refractivity contribution is 0.414. The van der Waals surface area contributed by atoms with E-state index in [4.69, 9.17) is 21.7 Å². The number of hydrogen-bond donors (Lipinski definition) is 1. The number of thiocarbonyl (C=S) groups is 1. The summed E-state index contributed by atoms with van der Waals surface area (Å²) in [5.41, 5.74) is 5.18. The number of aryl methyl sites for hydroxylation is 1. The van der Waals surface area contributed by atoms with E-state index in [1.165, 1.54) is 0 Å². The molecule has 4 aromatic rings. The number of hydrogen-bond acceptors (Lipinski definition) is 4. The van der Waals surface area contributed by atoms with Gasteiger partial charge in [0.2, 0.25) is 0 Å². The number of pyridine rings is 1. The molecule has 0 saturated carbocycles. The second-order valence-electron chi connectivity index (χ2n) is 8.13. The Bertz CT molecular complexity index is 1300. The quantitative estimate of drug-likeness (QED) is 0.382. The third-order valence-electron chi connectivity index (χ3n) is 6.17. The van der Waals surface area contributed by atoms with Crippen LogP contribution in [0.2, 0.25) is 0 Å². The van der Waals surface area contributed by atoms with E-state index >= 15 is 0 Å². The van der Waals surface area contributed by atoms with Gasteiger partial charge in [-0.2, -0.15) is 0 Å². The maximum Gasteiger partial charge on any atom is 0.174 e. The van der Waals surface area contributed by atoms with Crippen molar-refractivity contribution < 1.29 is 9.47 Å². The molecule has 2 aromatic heterocycles. The van der Waals surface area contributed by atoms with Crippen molar-refractivity contribution in [1.29, 1.82) is 0 Å². The minimum atomic E-state index is -0.134. The van der Waals surface area contributed by atoms with E-state index in [9.17, 15) is 0 Å². The number of nitrogens with one attached hydrogen (secondary N) is 1. The predicted molar refractivity (Wildman–Crippen MR) is 138 cm³/mol. The van der Waals surface area contributed by atoms with Crippen LogP contribution < -0.4 is 19.7 Å². The number of ether oxygens (including phenoxy) is 2. The SMILES string of the molecule is COc1ccc(-n2c(C)ccc2[C@@H]2[C@@H](c3ccccn3)NC(=S)N2c2cccc(OC)c2)cc1. The minimum absolute atomic E-state index is 0.133. The van der Waals surface area contributed by atoms with Crippen molar-refractivity contribution in [1.82, 2.24) is 14.9 Å². The highest BCUT2D eigenvalue weighted by atomic mass is 32.1. The predicted octanol–water partition coefficient (Wildman–Crippen LogP) is 5.38. The van der Waals surface area contributed by atoms with Gasteiger partial charge in [-0.15, -0.1) is 0 Å². The fourth-order valence-corrected chi connectivity index (χ4v) is 4.91. The molecule has 1 aliphatic rings. The van der Waals surface area contributed by atoms with Gasteiger partial charge in [0.15, 0.2) is 5.11 Å². The Morgan fingerprint density at radius 3 is 2.35 bits per heavy atom. The van der Waals surface area contributed by atoms with Crippen molar-refractivity contribution in [3.05, 3.63) is 102 Å². The Morgan fingerprint density at radius 1 is 0.853 bits per heavy atom. The van der Waals surface area contributed by atoms with E-state index in [-0.39, 0.29) is 12.1 Å². The first kappa shape index (κ1) is 22.0. The van der Waals surface area contributed by atoms with E-state index in [2.05, 4.69) is 57.0 Å². The lowest BCUT2D eigenvalue weighted by Gasteiger charge is -2.29. The number of benzene rings is 2. The van der Waals surface area contributed by atoms with Crippen molar-refractivity contribution >= 4 is 23.0 Å². The minimum Gasteiger partial charge on any atom is -0.497 e. The standard InChI is InChI=1S/C27H26N4O2S/c1-18-10-15-24(30(18)19-11-13-21(32-2)14-12-19)26-25(23-9-4-5-16-28-23)29-27(34)31(26)20-7-6-8-22(17-20)33-3/h4-17,25-26H,1-3H3,(H,29,34)/t25-,26-/m1/s1. The Hall–Kier alpha value is -3.84. The van der Waals surface area contributed by atoms with Crippen LogP contribution in [0.25, 0.3) is 5.69 Å². The molecule has 1 saturated heterocycles. The fourth-order valence-electron chi connectivity index (χ4n) is 4.57. The second kappa shape index (κ2) is 9.19. The second-order valence-corrected chi connectivity index (χ2v) is 8.52. The number of aromatic nitrogens is 2. The molecule has 1 aliphatic heterocycles. The summed E-state index contributed by atoms with van der Waals surface area (Å²) in [7, 11) is 3.35. The third kappa shape index (κ3) is 3.88. The molecule has 0 bridgehead atoms. The molecule has 0 radical (unpaired) electrons. The maximum atomic E-state index is 5.88. The zero-order valence-electron chi connectivity index (χ0n) is 19.3. The van der Waals surface area contributed by atoms with Gasteiger partial charge in [-0.25, -0.2) is 0 Å². The fraction of sp³-hybridized carbons (Fsp3) is 0.185. The van der Waals surface area contributed by atoms with Crippen LogP contribution in [0.1, 0.15) is 29.2 Å². The molecule has 1 fully saturated rings. The Labute approximate surface area is 204 Å². The smallest absolute Gasteiger partial charge is 0.174 e. The van der Waals surface area contributed by atoms with Crippen LogP contribution in [0.15, 0.2) is 85.1 Å². The van der Waals surface area contributed by atoms with E-state index in [0.717, 1.165) is 40.0 Å². The molecule has 34 heavy (non-hydrogen) atoms. The average molecular weight is 471 g/mol.